The van der Waals surface area contributed by atoms with Crippen LogP contribution in [0.4, 0.5) is 5.00 Å². The second kappa shape index (κ2) is 9.08. The Morgan fingerprint density at radius 3 is 2.27 bits per heavy atom. The number of ether oxygens (including phenoxy) is 2. The third-order valence-corrected chi connectivity index (χ3v) is 6.80. The lowest BCUT2D eigenvalue weighted by molar-refractivity contribution is -0.116. The van der Waals surface area contributed by atoms with Crippen LogP contribution in [0.15, 0.2) is 72.8 Å². The number of anilines is 1. The maximum atomic E-state index is 13.7. The molecule has 6 heteroatoms. The molecule has 0 saturated carbocycles. The van der Waals surface area contributed by atoms with E-state index in [-0.39, 0.29) is 5.91 Å². The highest BCUT2D eigenvalue weighted by atomic mass is 32.1. The minimum atomic E-state index is -0.555. The Kier molecular flexibility index (Phi) is 5.84. The number of benzene rings is 3. The summed E-state index contributed by atoms with van der Waals surface area (Å²) in [7, 11) is 0. The number of amides is 1. The summed E-state index contributed by atoms with van der Waals surface area (Å²) in [4.78, 5) is 26.7. The van der Waals surface area contributed by atoms with Gasteiger partial charge in [-0.15, -0.1) is 11.3 Å². The van der Waals surface area contributed by atoms with Crippen LogP contribution in [0.3, 0.4) is 0 Å². The molecule has 166 valence electrons. The Morgan fingerprint density at radius 1 is 0.939 bits per heavy atom. The highest BCUT2D eigenvalue weighted by Gasteiger charge is 2.33. The van der Waals surface area contributed by atoms with Crippen LogP contribution in [0.5, 0.6) is 11.5 Å². The van der Waals surface area contributed by atoms with Crippen LogP contribution in [-0.2, 0) is 9.53 Å². The van der Waals surface area contributed by atoms with Crippen molar-refractivity contribution in [3.8, 4) is 11.5 Å². The van der Waals surface area contributed by atoms with Crippen molar-refractivity contribution in [2.75, 3.05) is 11.9 Å². The lowest BCUT2D eigenvalue weighted by Crippen LogP contribution is -2.25. The standard InChI is InChI=1S/C27H23NO4S/c1-2-3-16-31-27(30)24-19-12-6-9-15-22(19)33-26(24)28-25(29)23-17-10-4-7-13-20(17)32-21-14-8-5-11-18(21)23/h4-15,23H,2-3,16H2,1H3,(H,28,29). The Labute approximate surface area is 196 Å². The Hall–Kier alpha value is -3.64. The summed E-state index contributed by atoms with van der Waals surface area (Å²) in [6.45, 7) is 2.40. The van der Waals surface area contributed by atoms with Gasteiger partial charge in [0.05, 0.1) is 12.5 Å². The van der Waals surface area contributed by atoms with Crippen molar-refractivity contribution in [1.82, 2.24) is 0 Å². The molecule has 0 bridgehead atoms. The molecular formula is C27H23NO4S. The van der Waals surface area contributed by atoms with Crippen LogP contribution >= 0.6 is 11.3 Å². The van der Waals surface area contributed by atoms with Crippen molar-refractivity contribution in [3.63, 3.8) is 0 Å². The lowest BCUT2D eigenvalue weighted by atomic mass is 9.87. The number of rotatable bonds is 6. The minimum Gasteiger partial charge on any atom is -0.462 e. The first-order valence-electron chi connectivity index (χ1n) is 11.0. The molecule has 0 saturated heterocycles. The van der Waals surface area contributed by atoms with Crippen molar-refractivity contribution >= 4 is 38.3 Å². The third-order valence-electron chi connectivity index (χ3n) is 5.71. The van der Waals surface area contributed by atoms with Gasteiger partial charge >= 0.3 is 5.97 Å². The molecule has 1 aliphatic heterocycles. The molecule has 0 radical (unpaired) electrons. The number of esters is 1. The first-order chi connectivity index (χ1) is 16.2. The molecule has 1 aliphatic rings. The highest BCUT2D eigenvalue weighted by molar-refractivity contribution is 7.23. The zero-order valence-corrected chi connectivity index (χ0v) is 19.0. The maximum Gasteiger partial charge on any atom is 0.341 e. The van der Waals surface area contributed by atoms with E-state index in [0.717, 1.165) is 34.1 Å². The average Bonchev–Trinajstić information content (AvgIpc) is 3.20. The van der Waals surface area contributed by atoms with Gasteiger partial charge in [-0.25, -0.2) is 4.79 Å². The zero-order valence-electron chi connectivity index (χ0n) is 18.2. The number of unbranched alkanes of at least 4 members (excludes halogenated alkanes) is 1. The van der Waals surface area contributed by atoms with E-state index in [2.05, 4.69) is 5.32 Å². The number of hydrogen-bond donors (Lipinski definition) is 1. The normalized spacial score (nSPS) is 12.5. The molecule has 1 N–H and O–H groups in total. The maximum absolute atomic E-state index is 13.7. The smallest absolute Gasteiger partial charge is 0.341 e. The van der Waals surface area contributed by atoms with Crippen molar-refractivity contribution in [2.24, 2.45) is 0 Å². The molecular weight excluding hydrogens is 434 g/mol. The largest absolute Gasteiger partial charge is 0.462 e. The predicted molar refractivity (Wildman–Crippen MR) is 130 cm³/mol. The van der Waals surface area contributed by atoms with Crippen molar-refractivity contribution in [2.45, 2.75) is 25.7 Å². The fourth-order valence-corrected chi connectivity index (χ4v) is 5.19. The quantitative estimate of drug-likeness (QED) is 0.257. The lowest BCUT2D eigenvalue weighted by Gasteiger charge is -2.27. The molecule has 33 heavy (non-hydrogen) atoms. The Bertz CT molecular complexity index is 1300. The summed E-state index contributed by atoms with van der Waals surface area (Å²) in [5.74, 6) is 0.135. The van der Waals surface area contributed by atoms with E-state index in [9.17, 15) is 9.59 Å². The molecule has 2 heterocycles. The van der Waals surface area contributed by atoms with E-state index in [1.165, 1.54) is 11.3 Å². The van der Waals surface area contributed by atoms with Gasteiger partial charge < -0.3 is 14.8 Å². The summed E-state index contributed by atoms with van der Waals surface area (Å²) >= 11 is 1.38. The second-order valence-corrected chi connectivity index (χ2v) is 8.94. The predicted octanol–water partition coefficient (Wildman–Crippen LogP) is 6.73. The number of hydrogen-bond acceptors (Lipinski definition) is 5. The number of fused-ring (bicyclic) bond motifs is 3. The average molecular weight is 458 g/mol. The van der Waals surface area contributed by atoms with E-state index in [4.69, 9.17) is 9.47 Å². The summed E-state index contributed by atoms with van der Waals surface area (Å²) in [5.41, 5.74) is 2.00. The first-order valence-corrected chi connectivity index (χ1v) is 11.8. The summed E-state index contributed by atoms with van der Waals surface area (Å²) in [5, 5.41) is 4.33. The molecule has 5 rings (SSSR count). The number of carbonyl (C=O) groups is 2. The summed E-state index contributed by atoms with van der Waals surface area (Å²) in [6.07, 6.45) is 1.73. The van der Waals surface area contributed by atoms with Crippen LogP contribution in [0, 0.1) is 0 Å². The minimum absolute atomic E-state index is 0.215. The van der Waals surface area contributed by atoms with E-state index < -0.39 is 11.9 Å². The monoisotopic (exact) mass is 457 g/mol. The summed E-state index contributed by atoms with van der Waals surface area (Å²) < 4.78 is 12.5. The third kappa shape index (κ3) is 3.98. The van der Waals surface area contributed by atoms with Crippen molar-refractivity contribution in [3.05, 3.63) is 89.5 Å². The van der Waals surface area contributed by atoms with E-state index >= 15 is 0 Å². The van der Waals surface area contributed by atoms with Gasteiger partial charge in [-0.2, -0.15) is 0 Å². The van der Waals surface area contributed by atoms with E-state index in [1.54, 1.807) is 0 Å². The molecule has 4 aromatic rings. The molecule has 0 fully saturated rings. The first kappa shape index (κ1) is 21.2. The Morgan fingerprint density at radius 2 is 1.58 bits per heavy atom. The number of para-hydroxylation sites is 2. The van der Waals surface area contributed by atoms with Crippen molar-refractivity contribution in [1.29, 1.82) is 0 Å². The van der Waals surface area contributed by atoms with Crippen LogP contribution in [0.25, 0.3) is 10.1 Å². The molecule has 0 atom stereocenters. The fraction of sp³-hybridized carbons (Fsp3) is 0.185. The van der Waals surface area contributed by atoms with Gasteiger partial charge in [0.15, 0.2) is 0 Å². The van der Waals surface area contributed by atoms with Crippen molar-refractivity contribution < 1.29 is 19.1 Å². The Balaban J connectivity index is 1.53. The van der Waals surface area contributed by atoms with Crippen LogP contribution < -0.4 is 10.1 Å². The molecule has 5 nitrogen and oxygen atoms in total. The summed E-state index contributed by atoms with van der Waals surface area (Å²) in [6, 6.07) is 22.7. The van der Waals surface area contributed by atoms with Gasteiger partial charge in [-0.1, -0.05) is 67.9 Å². The fourth-order valence-electron chi connectivity index (χ4n) is 4.09. The van der Waals surface area contributed by atoms with Gasteiger partial charge in [0.1, 0.15) is 22.1 Å². The zero-order chi connectivity index (χ0) is 22.8. The number of thiophene rings is 1. The topological polar surface area (TPSA) is 64.6 Å². The van der Waals surface area contributed by atoms with E-state index in [0.29, 0.717) is 28.7 Å². The van der Waals surface area contributed by atoms with Gasteiger partial charge in [0, 0.05) is 21.2 Å². The van der Waals surface area contributed by atoms with Gasteiger partial charge in [0.2, 0.25) is 5.91 Å². The molecule has 1 aromatic heterocycles. The van der Waals surface area contributed by atoms with E-state index in [1.807, 2.05) is 79.7 Å². The van der Waals surface area contributed by atoms with Crippen LogP contribution in [0.1, 0.15) is 47.2 Å². The molecule has 0 spiro atoms. The molecule has 1 amide bonds. The highest BCUT2D eigenvalue weighted by Crippen LogP contribution is 2.45. The molecule has 0 aliphatic carbocycles. The second-order valence-electron chi connectivity index (χ2n) is 7.89. The molecule has 0 unspecified atom stereocenters. The van der Waals surface area contributed by atoms with Gasteiger partial charge in [-0.3, -0.25) is 4.79 Å². The van der Waals surface area contributed by atoms with Gasteiger partial charge in [0.25, 0.3) is 0 Å². The number of nitrogens with one attached hydrogen (secondary N) is 1. The number of carbonyl (C=O) groups excluding carboxylic acids is 2. The molecule has 3 aromatic carbocycles. The van der Waals surface area contributed by atoms with Crippen LogP contribution in [-0.4, -0.2) is 18.5 Å². The van der Waals surface area contributed by atoms with Crippen LogP contribution in [0.2, 0.25) is 0 Å². The van der Waals surface area contributed by atoms with Gasteiger partial charge in [-0.05, 0) is 24.6 Å². The SMILES string of the molecule is CCCCOC(=O)c1c(NC(=O)C2c3ccccc3Oc3ccccc32)sc2ccccc12.